The highest BCUT2D eigenvalue weighted by atomic mass is 16.6. The van der Waals surface area contributed by atoms with E-state index in [1.165, 1.54) is 26.5 Å². The third kappa shape index (κ3) is 6.95. The van der Waals surface area contributed by atoms with Crippen LogP contribution in [0.1, 0.15) is 16.1 Å². The second kappa shape index (κ2) is 12.0. The Hall–Kier alpha value is -4.58. The van der Waals surface area contributed by atoms with E-state index in [0.717, 1.165) is 6.07 Å². The van der Waals surface area contributed by atoms with Crippen LogP contribution >= 0.6 is 0 Å². The zero-order valence-electron chi connectivity index (χ0n) is 19.0. The molecule has 0 radical (unpaired) electrons. The molecule has 3 aromatic rings. The van der Waals surface area contributed by atoms with Crippen LogP contribution in [0.3, 0.4) is 0 Å². The maximum absolute atomic E-state index is 12.8. The number of carbonyl (C=O) groups excluding carboxylic acids is 2. The van der Waals surface area contributed by atoms with Crippen molar-refractivity contribution in [3.05, 3.63) is 76.2 Å². The molecule has 12 heteroatoms. The molecule has 1 heterocycles. The molecule has 0 aliphatic rings. The zero-order chi connectivity index (χ0) is 25.2. The van der Waals surface area contributed by atoms with E-state index in [9.17, 15) is 19.7 Å². The number of anilines is 2. The van der Waals surface area contributed by atoms with Gasteiger partial charge in [0.2, 0.25) is 0 Å². The van der Waals surface area contributed by atoms with Crippen LogP contribution in [-0.2, 0) is 11.3 Å². The molecule has 0 saturated heterocycles. The Balaban J connectivity index is 1.67. The minimum absolute atomic E-state index is 0.119. The highest BCUT2D eigenvalue weighted by Gasteiger charge is 2.25. The molecule has 12 nitrogen and oxygen atoms in total. The molecule has 0 bridgehead atoms. The third-order valence-corrected chi connectivity index (χ3v) is 4.67. The number of hydrogen-bond acceptors (Lipinski definition) is 8. The van der Waals surface area contributed by atoms with E-state index in [1.807, 2.05) is 0 Å². The summed E-state index contributed by atoms with van der Waals surface area (Å²) in [6.07, 6.45) is 1.51. The van der Waals surface area contributed by atoms with Crippen molar-refractivity contribution in [3.8, 4) is 11.5 Å². The molecule has 184 valence electrons. The number of nitro benzene ring substituents is 1. The molecule has 0 spiro atoms. The quantitative estimate of drug-likeness (QED) is 0.211. The van der Waals surface area contributed by atoms with E-state index in [0.29, 0.717) is 17.1 Å². The Bertz CT molecular complexity index is 1160. The minimum Gasteiger partial charge on any atom is -0.493 e. The second-order valence-corrected chi connectivity index (χ2v) is 7.04. The summed E-state index contributed by atoms with van der Waals surface area (Å²) in [7, 11) is 2.86. The van der Waals surface area contributed by atoms with Gasteiger partial charge in [0.15, 0.2) is 11.5 Å². The maximum Gasteiger partial charge on any atom is 0.319 e. The summed E-state index contributed by atoms with van der Waals surface area (Å²) in [5.74, 6) is 0.180. The van der Waals surface area contributed by atoms with Crippen molar-refractivity contribution < 1.29 is 33.1 Å². The van der Waals surface area contributed by atoms with Gasteiger partial charge in [-0.1, -0.05) is 0 Å². The van der Waals surface area contributed by atoms with Crippen molar-refractivity contribution in [2.45, 2.75) is 6.54 Å². The highest BCUT2D eigenvalue weighted by molar-refractivity contribution is 6.07. The van der Waals surface area contributed by atoms with Crippen molar-refractivity contribution in [1.82, 2.24) is 5.32 Å². The maximum atomic E-state index is 12.8. The Morgan fingerprint density at radius 3 is 2.31 bits per heavy atom. The van der Waals surface area contributed by atoms with Gasteiger partial charge in [-0.15, -0.1) is 0 Å². The molecule has 3 N–H and O–H groups in total. The minimum atomic E-state index is -0.713. The smallest absolute Gasteiger partial charge is 0.319 e. The fourth-order valence-electron chi connectivity index (χ4n) is 2.98. The van der Waals surface area contributed by atoms with Gasteiger partial charge >= 0.3 is 6.03 Å². The molecular weight excluding hydrogens is 460 g/mol. The number of amides is 3. The molecule has 0 fully saturated rings. The van der Waals surface area contributed by atoms with Gasteiger partial charge in [-0.2, -0.15) is 0 Å². The second-order valence-electron chi connectivity index (χ2n) is 7.04. The summed E-state index contributed by atoms with van der Waals surface area (Å²) < 4.78 is 20.7. The number of nitrogens with zero attached hydrogens (tertiary/aromatic N) is 1. The third-order valence-electron chi connectivity index (χ3n) is 4.67. The van der Waals surface area contributed by atoms with Crippen LogP contribution in [-0.4, -0.2) is 44.3 Å². The van der Waals surface area contributed by atoms with E-state index in [-0.39, 0.29) is 36.8 Å². The van der Waals surface area contributed by atoms with Crippen molar-refractivity contribution in [2.75, 3.05) is 38.1 Å². The van der Waals surface area contributed by atoms with Gasteiger partial charge in [-0.05, 0) is 36.4 Å². The largest absolute Gasteiger partial charge is 0.493 e. The van der Waals surface area contributed by atoms with E-state index < -0.39 is 22.5 Å². The lowest BCUT2D eigenvalue weighted by Crippen LogP contribution is -2.27. The van der Waals surface area contributed by atoms with Crippen molar-refractivity contribution in [2.24, 2.45) is 0 Å². The Morgan fingerprint density at radius 2 is 1.71 bits per heavy atom. The average Bonchev–Trinajstić information content (AvgIpc) is 3.37. The first-order valence-electron chi connectivity index (χ1n) is 10.4. The SMILES string of the molecule is COCCOc1cc([N+](=O)[O-])c(C(=O)Nc2ccc(NC(=O)NCc3ccco3)cc2)cc1OC. The molecule has 0 saturated carbocycles. The van der Waals surface area contributed by atoms with Crippen LogP contribution in [0.15, 0.2) is 59.2 Å². The first kappa shape index (κ1) is 25.1. The standard InChI is InChI=1S/C23H24N4O8/c1-32-10-11-35-21-13-19(27(30)31)18(12-20(21)33-2)22(28)25-15-5-7-16(8-6-15)26-23(29)24-14-17-4-3-9-34-17/h3-9,12-13H,10-11,14H2,1-2H3,(H,25,28)(H2,24,26,29). The van der Waals surface area contributed by atoms with E-state index >= 15 is 0 Å². The van der Waals surface area contributed by atoms with E-state index in [2.05, 4.69) is 16.0 Å². The Kier molecular flexibility index (Phi) is 8.62. The number of benzene rings is 2. The van der Waals surface area contributed by atoms with Gasteiger partial charge in [0.05, 0.1) is 37.5 Å². The number of methoxy groups -OCH3 is 2. The molecule has 3 amide bonds. The van der Waals surface area contributed by atoms with Gasteiger partial charge in [0.1, 0.15) is 17.9 Å². The number of rotatable bonds is 11. The summed E-state index contributed by atoms with van der Waals surface area (Å²) >= 11 is 0. The van der Waals surface area contributed by atoms with Crippen molar-refractivity contribution >= 4 is 29.0 Å². The van der Waals surface area contributed by atoms with Crippen molar-refractivity contribution in [1.29, 1.82) is 0 Å². The Morgan fingerprint density at radius 1 is 1.00 bits per heavy atom. The molecule has 0 aliphatic carbocycles. The number of carbonyl (C=O) groups is 2. The molecule has 0 unspecified atom stereocenters. The van der Waals surface area contributed by atoms with Crippen LogP contribution in [0.5, 0.6) is 11.5 Å². The normalized spacial score (nSPS) is 10.3. The Labute approximate surface area is 200 Å². The molecule has 35 heavy (non-hydrogen) atoms. The first-order valence-corrected chi connectivity index (χ1v) is 10.4. The van der Waals surface area contributed by atoms with Crippen molar-refractivity contribution in [3.63, 3.8) is 0 Å². The van der Waals surface area contributed by atoms with Crippen LogP contribution in [0.4, 0.5) is 21.9 Å². The lowest BCUT2D eigenvalue weighted by atomic mass is 10.1. The summed E-state index contributed by atoms with van der Waals surface area (Å²) in [6, 6.07) is 11.6. The molecule has 2 aromatic carbocycles. The van der Waals surface area contributed by atoms with Crippen LogP contribution in [0.2, 0.25) is 0 Å². The van der Waals surface area contributed by atoms with Gasteiger partial charge in [0.25, 0.3) is 11.6 Å². The topological polar surface area (TPSA) is 154 Å². The molecule has 0 aliphatic heterocycles. The predicted octanol–water partition coefficient (Wildman–Crippen LogP) is 3.80. The zero-order valence-corrected chi connectivity index (χ0v) is 19.0. The monoisotopic (exact) mass is 484 g/mol. The molecule has 1 aromatic heterocycles. The summed E-state index contributed by atoms with van der Waals surface area (Å²) in [5, 5.41) is 19.5. The number of urea groups is 1. The lowest BCUT2D eigenvalue weighted by molar-refractivity contribution is -0.385. The number of ether oxygens (including phenoxy) is 3. The van der Waals surface area contributed by atoms with Crippen LogP contribution < -0.4 is 25.4 Å². The first-order chi connectivity index (χ1) is 16.9. The lowest BCUT2D eigenvalue weighted by Gasteiger charge is -2.13. The molecule has 3 rings (SSSR count). The number of furan rings is 1. The van der Waals surface area contributed by atoms with Crippen LogP contribution in [0, 0.1) is 10.1 Å². The van der Waals surface area contributed by atoms with Gasteiger partial charge in [0, 0.05) is 24.6 Å². The fourth-order valence-corrected chi connectivity index (χ4v) is 2.98. The highest BCUT2D eigenvalue weighted by Crippen LogP contribution is 2.35. The number of nitrogens with one attached hydrogen (secondary N) is 3. The summed E-state index contributed by atoms with van der Waals surface area (Å²) in [5.41, 5.74) is 0.197. The van der Waals surface area contributed by atoms with Crippen LogP contribution in [0.25, 0.3) is 0 Å². The predicted molar refractivity (Wildman–Crippen MR) is 126 cm³/mol. The average molecular weight is 484 g/mol. The van der Waals surface area contributed by atoms with E-state index in [1.54, 1.807) is 36.4 Å². The van der Waals surface area contributed by atoms with E-state index in [4.69, 9.17) is 18.6 Å². The fraction of sp³-hybridized carbons (Fsp3) is 0.217. The molecule has 0 atom stereocenters. The summed E-state index contributed by atoms with van der Waals surface area (Å²) in [4.78, 5) is 35.7. The van der Waals surface area contributed by atoms with Gasteiger partial charge < -0.3 is 34.6 Å². The molecular formula is C23H24N4O8. The summed E-state index contributed by atoms with van der Waals surface area (Å²) in [6.45, 7) is 0.651. The number of hydrogen-bond donors (Lipinski definition) is 3. The number of nitro groups is 1. The van der Waals surface area contributed by atoms with Gasteiger partial charge in [-0.3, -0.25) is 14.9 Å². The van der Waals surface area contributed by atoms with Gasteiger partial charge in [-0.25, -0.2) is 4.79 Å².